The van der Waals surface area contributed by atoms with Crippen molar-refractivity contribution < 1.29 is 0 Å². The Labute approximate surface area is 181 Å². The standard InChI is InChI=1S/C24H25N5S/c1-17-18(2)30-24-22(17)23(26-20(27-24)16-19-8-4-3-5-9-19)29-14-12-28(13-15-29)21-10-6-7-11-25-21/h3-11H,12-16H2,1-2H3. The molecular weight excluding hydrogens is 390 g/mol. The Morgan fingerprint density at radius 1 is 0.867 bits per heavy atom. The maximum atomic E-state index is 5.08. The predicted molar refractivity (Wildman–Crippen MR) is 125 cm³/mol. The van der Waals surface area contributed by atoms with Gasteiger partial charge >= 0.3 is 0 Å². The van der Waals surface area contributed by atoms with E-state index in [4.69, 9.17) is 9.97 Å². The Balaban J connectivity index is 1.47. The summed E-state index contributed by atoms with van der Waals surface area (Å²) in [4.78, 5) is 21.7. The zero-order valence-corrected chi connectivity index (χ0v) is 18.2. The van der Waals surface area contributed by atoms with Gasteiger partial charge in [-0.1, -0.05) is 36.4 Å². The molecule has 6 heteroatoms. The summed E-state index contributed by atoms with van der Waals surface area (Å²) in [6.07, 6.45) is 2.62. The van der Waals surface area contributed by atoms with E-state index in [0.717, 1.165) is 54.9 Å². The molecule has 0 saturated carbocycles. The fourth-order valence-corrected chi connectivity index (χ4v) is 5.09. The smallest absolute Gasteiger partial charge is 0.141 e. The number of aromatic nitrogens is 3. The second-order valence-corrected chi connectivity index (χ2v) is 8.95. The zero-order chi connectivity index (χ0) is 20.5. The molecule has 0 radical (unpaired) electrons. The van der Waals surface area contributed by atoms with E-state index >= 15 is 0 Å². The fourth-order valence-electron chi connectivity index (χ4n) is 4.05. The Hall–Kier alpha value is -2.99. The van der Waals surface area contributed by atoms with E-state index in [1.165, 1.54) is 21.4 Å². The van der Waals surface area contributed by atoms with Gasteiger partial charge < -0.3 is 9.80 Å². The monoisotopic (exact) mass is 415 g/mol. The summed E-state index contributed by atoms with van der Waals surface area (Å²) in [5, 5.41) is 1.22. The fraction of sp³-hybridized carbons (Fsp3) is 0.292. The third-order valence-electron chi connectivity index (χ3n) is 5.81. The van der Waals surface area contributed by atoms with E-state index in [2.05, 4.69) is 65.0 Å². The molecule has 0 atom stereocenters. The number of hydrogen-bond donors (Lipinski definition) is 0. The predicted octanol–water partition coefficient (Wildman–Crippen LogP) is 4.62. The highest BCUT2D eigenvalue weighted by molar-refractivity contribution is 7.18. The van der Waals surface area contributed by atoms with Gasteiger partial charge in [0, 0.05) is 43.7 Å². The number of aryl methyl sites for hydroxylation is 2. The number of thiophene rings is 1. The van der Waals surface area contributed by atoms with E-state index < -0.39 is 0 Å². The molecule has 0 bridgehead atoms. The molecule has 0 amide bonds. The second-order valence-electron chi connectivity index (χ2n) is 7.75. The van der Waals surface area contributed by atoms with Gasteiger partial charge in [0.1, 0.15) is 22.3 Å². The van der Waals surface area contributed by atoms with Crippen LogP contribution in [0.2, 0.25) is 0 Å². The Kier molecular flexibility index (Phi) is 5.09. The zero-order valence-electron chi connectivity index (χ0n) is 17.4. The first-order chi connectivity index (χ1) is 14.7. The van der Waals surface area contributed by atoms with Gasteiger partial charge in [0.2, 0.25) is 0 Å². The number of pyridine rings is 1. The number of piperazine rings is 1. The highest BCUT2D eigenvalue weighted by Crippen LogP contribution is 2.35. The van der Waals surface area contributed by atoms with Crippen LogP contribution in [0.1, 0.15) is 21.8 Å². The van der Waals surface area contributed by atoms with Crippen molar-refractivity contribution in [1.29, 1.82) is 0 Å². The topological polar surface area (TPSA) is 45.2 Å². The van der Waals surface area contributed by atoms with Crippen molar-refractivity contribution >= 4 is 33.2 Å². The molecule has 0 spiro atoms. The minimum absolute atomic E-state index is 0.758. The van der Waals surface area contributed by atoms with Crippen molar-refractivity contribution in [2.75, 3.05) is 36.0 Å². The molecule has 1 aromatic carbocycles. The highest BCUT2D eigenvalue weighted by Gasteiger charge is 2.24. The van der Waals surface area contributed by atoms with Crippen LogP contribution in [0.5, 0.6) is 0 Å². The van der Waals surface area contributed by atoms with Gasteiger partial charge in [-0.05, 0) is 37.1 Å². The van der Waals surface area contributed by atoms with Crippen LogP contribution in [-0.4, -0.2) is 41.1 Å². The van der Waals surface area contributed by atoms with E-state index in [1.54, 1.807) is 11.3 Å². The number of nitrogens with zero attached hydrogens (tertiary/aromatic N) is 5. The summed E-state index contributed by atoms with van der Waals surface area (Å²) in [7, 11) is 0. The maximum Gasteiger partial charge on any atom is 0.141 e. The van der Waals surface area contributed by atoms with Crippen molar-refractivity contribution in [2.45, 2.75) is 20.3 Å². The van der Waals surface area contributed by atoms with Crippen LogP contribution in [0.25, 0.3) is 10.2 Å². The Morgan fingerprint density at radius 2 is 1.60 bits per heavy atom. The Morgan fingerprint density at radius 3 is 2.33 bits per heavy atom. The van der Waals surface area contributed by atoms with Crippen molar-refractivity contribution in [1.82, 2.24) is 15.0 Å². The molecule has 0 aliphatic carbocycles. The molecule has 0 N–H and O–H groups in total. The summed E-state index contributed by atoms with van der Waals surface area (Å²) in [6.45, 7) is 8.13. The minimum Gasteiger partial charge on any atom is -0.353 e. The average molecular weight is 416 g/mol. The summed E-state index contributed by atoms with van der Waals surface area (Å²) >= 11 is 1.78. The van der Waals surface area contributed by atoms with Gasteiger partial charge in [-0.15, -0.1) is 11.3 Å². The van der Waals surface area contributed by atoms with Crippen LogP contribution < -0.4 is 9.80 Å². The lowest BCUT2D eigenvalue weighted by Gasteiger charge is -2.36. The molecule has 0 unspecified atom stereocenters. The van der Waals surface area contributed by atoms with Crippen molar-refractivity contribution in [2.24, 2.45) is 0 Å². The van der Waals surface area contributed by atoms with Crippen molar-refractivity contribution in [3.63, 3.8) is 0 Å². The second kappa shape index (κ2) is 8.03. The lowest BCUT2D eigenvalue weighted by molar-refractivity contribution is 0.642. The molecule has 1 aliphatic rings. The molecule has 1 aliphatic heterocycles. The van der Waals surface area contributed by atoms with E-state index in [9.17, 15) is 0 Å². The normalized spacial score (nSPS) is 14.5. The molecule has 1 saturated heterocycles. The molecule has 30 heavy (non-hydrogen) atoms. The van der Waals surface area contributed by atoms with Crippen LogP contribution in [0.4, 0.5) is 11.6 Å². The first-order valence-corrected chi connectivity index (χ1v) is 11.2. The molecule has 1 fully saturated rings. The molecular formula is C24H25N5S. The van der Waals surface area contributed by atoms with Gasteiger partial charge in [0.15, 0.2) is 0 Å². The molecule has 4 aromatic rings. The highest BCUT2D eigenvalue weighted by atomic mass is 32.1. The molecule has 152 valence electrons. The number of hydrogen-bond acceptors (Lipinski definition) is 6. The SMILES string of the molecule is Cc1sc2nc(Cc3ccccc3)nc(N3CCN(c4ccccn4)CC3)c2c1C. The summed E-state index contributed by atoms with van der Waals surface area (Å²) in [5.74, 6) is 3.04. The van der Waals surface area contributed by atoms with Crippen LogP contribution >= 0.6 is 11.3 Å². The van der Waals surface area contributed by atoms with E-state index in [0.29, 0.717) is 0 Å². The van der Waals surface area contributed by atoms with Gasteiger partial charge in [-0.3, -0.25) is 0 Å². The largest absolute Gasteiger partial charge is 0.353 e. The van der Waals surface area contributed by atoms with Crippen LogP contribution in [0.15, 0.2) is 54.7 Å². The van der Waals surface area contributed by atoms with E-state index in [1.807, 2.05) is 18.3 Å². The van der Waals surface area contributed by atoms with Crippen LogP contribution in [0.3, 0.4) is 0 Å². The van der Waals surface area contributed by atoms with Gasteiger partial charge in [-0.2, -0.15) is 0 Å². The van der Waals surface area contributed by atoms with Crippen molar-refractivity contribution in [3.05, 3.63) is 76.6 Å². The number of fused-ring (bicyclic) bond motifs is 1. The number of rotatable bonds is 4. The summed E-state index contributed by atoms with van der Waals surface area (Å²) in [5.41, 5.74) is 2.55. The van der Waals surface area contributed by atoms with E-state index in [-0.39, 0.29) is 0 Å². The molecule has 4 heterocycles. The maximum absolute atomic E-state index is 5.08. The first-order valence-electron chi connectivity index (χ1n) is 10.4. The van der Waals surface area contributed by atoms with Crippen molar-refractivity contribution in [3.8, 4) is 0 Å². The van der Waals surface area contributed by atoms with Crippen LogP contribution in [0, 0.1) is 13.8 Å². The van der Waals surface area contributed by atoms with Gasteiger partial charge in [0.05, 0.1) is 5.39 Å². The molecule has 5 nitrogen and oxygen atoms in total. The average Bonchev–Trinajstić information content (AvgIpc) is 3.08. The van der Waals surface area contributed by atoms with Gasteiger partial charge in [0.25, 0.3) is 0 Å². The molecule has 3 aromatic heterocycles. The minimum atomic E-state index is 0.758. The Bertz CT molecular complexity index is 1150. The number of benzene rings is 1. The number of anilines is 2. The lowest BCUT2D eigenvalue weighted by Crippen LogP contribution is -2.47. The van der Waals surface area contributed by atoms with Crippen LogP contribution in [-0.2, 0) is 6.42 Å². The lowest BCUT2D eigenvalue weighted by atomic mass is 10.1. The first kappa shape index (κ1) is 19.0. The summed E-state index contributed by atoms with van der Waals surface area (Å²) < 4.78 is 0. The summed E-state index contributed by atoms with van der Waals surface area (Å²) in [6, 6.07) is 16.6. The molecule has 5 rings (SSSR count). The van der Waals surface area contributed by atoms with Gasteiger partial charge in [-0.25, -0.2) is 15.0 Å². The quantitative estimate of drug-likeness (QED) is 0.487. The third kappa shape index (κ3) is 3.63. The third-order valence-corrected chi connectivity index (χ3v) is 6.91.